The number of methoxy groups -OCH3 is 2. The highest BCUT2D eigenvalue weighted by molar-refractivity contribution is 6.29. The van der Waals surface area contributed by atoms with Crippen LogP contribution in [0.5, 0.6) is 0 Å². The third-order valence-corrected chi connectivity index (χ3v) is 1.59. The molecule has 94 valence electrons. The van der Waals surface area contributed by atoms with Crippen molar-refractivity contribution in [3.63, 3.8) is 0 Å². The summed E-state index contributed by atoms with van der Waals surface area (Å²) in [5.74, 6) is -2.04. The van der Waals surface area contributed by atoms with E-state index in [9.17, 15) is 9.59 Å². The van der Waals surface area contributed by atoms with Crippen molar-refractivity contribution in [2.75, 3.05) is 27.4 Å². The number of esters is 2. The predicted octanol–water partition coefficient (Wildman–Crippen LogP) is 0.143. The molecule has 0 saturated carbocycles. The lowest BCUT2D eigenvalue weighted by Gasteiger charge is -2.14. The predicted molar refractivity (Wildman–Crippen MR) is 54.9 cm³/mol. The van der Waals surface area contributed by atoms with Crippen molar-refractivity contribution in [3.05, 3.63) is 0 Å². The van der Waals surface area contributed by atoms with Crippen LogP contribution in [0.2, 0.25) is 0 Å². The van der Waals surface area contributed by atoms with Gasteiger partial charge < -0.3 is 18.9 Å². The zero-order chi connectivity index (χ0) is 12.6. The molecule has 0 aromatic rings. The smallest absolute Gasteiger partial charge is 0.417 e. The van der Waals surface area contributed by atoms with Crippen LogP contribution in [0.25, 0.3) is 0 Å². The minimum Gasteiger partial charge on any atom is -0.452 e. The first-order valence-corrected chi connectivity index (χ1v) is 4.90. The topological polar surface area (TPSA) is 71.1 Å². The molecule has 0 aromatic heterocycles. The van der Waals surface area contributed by atoms with Gasteiger partial charge in [-0.05, 0) is 13.8 Å². The van der Waals surface area contributed by atoms with E-state index in [4.69, 9.17) is 18.9 Å². The molecule has 16 heavy (non-hydrogen) atoms. The van der Waals surface area contributed by atoms with Crippen LogP contribution in [0.4, 0.5) is 0 Å². The normalized spacial score (nSPS) is 14.0. The van der Waals surface area contributed by atoms with Crippen molar-refractivity contribution < 1.29 is 28.5 Å². The third kappa shape index (κ3) is 6.36. The quantitative estimate of drug-likeness (QED) is 0.481. The van der Waals surface area contributed by atoms with E-state index in [1.165, 1.54) is 14.2 Å². The van der Waals surface area contributed by atoms with Gasteiger partial charge in [0, 0.05) is 14.2 Å². The van der Waals surface area contributed by atoms with E-state index in [0.717, 1.165) is 0 Å². The summed E-state index contributed by atoms with van der Waals surface area (Å²) in [6.45, 7) is 3.69. The number of ether oxygens (including phenoxy) is 4. The van der Waals surface area contributed by atoms with E-state index in [0.29, 0.717) is 0 Å². The van der Waals surface area contributed by atoms with Crippen molar-refractivity contribution >= 4 is 11.9 Å². The van der Waals surface area contributed by atoms with Crippen LogP contribution >= 0.6 is 0 Å². The highest BCUT2D eigenvalue weighted by Gasteiger charge is 2.22. The van der Waals surface area contributed by atoms with Crippen LogP contribution in [-0.4, -0.2) is 51.6 Å². The first-order chi connectivity index (χ1) is 7.51. The lowest BCUT2D eigenvalue weighted by atomic mass is 10.4. The molecular formula is C10H18O6. The molecule has 0 bridgehead atoms. The van der Waals surface area contributed by atoms with Crippen molar-refractivity contribution in [2.24, 2.45) is 0 Å². The molecule has 0 rings (SSSR count). The van der Waals surface area contributed by atoms with Crippen LogP contribution in [0.1, 0.15) is 13.8 Å². The van der Waals surface area contributed by atoms with Gasteiger partial charge in [0.15, 0.2) is 0 Å². The molecular weight excluding hydrogens is 216 g/mol. The van der Waals surface area contributed by atoms with Gasteiger partial charge in [-0.1, -0.05) is 0 Å². The highest BCUT2D eigenvalue weighted by atomic mass is 16.6. The molecule has 0 saturated heterocycles. The van der Waals surface area contributed by atoms with E-state index in [1.807, 2.05) is 0 Å². The average molecular weight is 234 g/mol. The number of hydrogen-bond donors (Lipinski definition) is 0. The third-order valence-electron chi connectivity index (χ3n) is 1.59. The first kappa shape index (κ1) is 14.9. The van der Waals surface area contributed by atoms with Crippen molar-refractivity contribution in [1.29, 1.82) is 0 Å². The average Bonchev–Trinajstić information content (AvgIpc) is 2.17. The fourth-order valence-electron chi connectivity index (χ4n) is 0.999. The summed E-state index contributed by atoms with van der Waals surface area (Å²) in [5, 5.41) is 0. The molecule has 6 nitrogen and oxygen atoms in total. The van der Waals surface area contributed by atoms with E-state index < -0.39 is 24.1 Å². The Morgan fingerprint density at radius 1 is 0.875 bits per heavy atom. The molecule has 0 aliphatic heterocycles. The number of hydrogen-bond acceptors (Lipinski definition) is 6. The Balaban J connectivity index is 3.94. The van der Waals surface area contributed by atoms with Crippen LogP contribution in [0, 0.1) is 0 Å². The molecule has 2 unspecified atom stereocenters. The van der Waals surface area contributed by atoms with Crippen molar-refractivity contribution in [3.8, 4) is 0 Å². The Bertz CT molecular complexity index is 203. The summed E-state index contributed by atoms with van der Waals surface area (Å²) in [5.41, 5.74) is 0. The maximum Gasteiger partial charge on any atom is 0.417 e. The summed E-state index contributed by atoms with van der Waals surface area (Å²) >= 11 is 0. The Kier molecular flexibility index (Phi) is 7.49. The van der Waals surface area contributed by atoms with Gasteiger partial charge in [-0.15, -0.1) is 0 Å². The second kappa shape index (κ2) is 8.06. The largest absolute Gasteiger partial charge is 0.452 e. The molecule has 0 heterocycles. The Morgan fingerprint density at radius 3 is 1.44 bits per heavy atom. The van der Waals surface area contributed by atoms with Crippen LogP contribution in [0.15, 0.2) is 0 Å². The molecule has 0 aliphatic rings. The Morgan fingerprint density at radius 2 is 1.19 bits per heavy atom. The molecule has 0 N–H and O–H groups in total. The summed E-state index contributed by atoms with van der Waals surface area (Å²) in [6, 6.07) is 0. The summed E-state index contributed by atoms with van der Waals surface area (Å²) in [7, 11) is 2.95. The summed E-state index contributed by atoms with van der Waals surface area (Å²) < 4.78 is 19.0. The van der Waals surface area contributed by atoms with Crippen LogP contribution in [0.3, 0.4) is 0 Å². The van der Waals surface area contributed by atoms with Crippen molar-refractivity contribution in [2.45, 2.75) is 26.1 Å². The van der Waals surface area contributed by atoms with Gasteiger partial charge >= 0.3 is 11.9 Å². The SMILES string of the molecule is COCC(C)OC(=O)C(=O)OC(C)COC. The van der Waals surface area contributed by atoms with Crippen LogP contribution in [-0.2, 0) is 28.5 Å². The molecule has 0 fully saturated rings. The molecule has 6 heteroatoms. The van der Waals surface area contributed by atoms with E-state index in [2.05, 4.69) is 0 Å². The van der Waals surface area contributed by atoms with Gasteiger partial charge in [0.2, 0.25) is 0 Å². The lowest BCUT2D eigenvalue weighted by Crippen LogP contribution is -2.30. The fourth-order valence-corrected chi connectivity index (χ4v) is 0.999. The molecule has 2 atom stereocenters. The maximum absolute atomic E-state index is 11.2. The van der Waals surface area contributed by atoms with Gasteiger partial charge in [0.25, 0.3) is 0 Å². The van der Waals surface area contributed by atoms with Crippen LogP contribution < -0.4 is 0 Å². The zero-order valence-corrected chi connectivity index (χ0v) is 10.0. The van der Waals surface area contributed by atoms with E-state index in [-0.39, 0.29) is 13.2 Å². The monoisotopic (exact) mass is 234 g/mol. The summed E-state index contributed by atoms with van der Waals surface area (Å²) in [6.07, 6.45) is -0.967. The highest BCUT2D eigenvalue weighted by Crippen LogP contribution is 1.97. The molecule has 0 spiro atoms. The molecule has 0 aliphatic carbocycles. The molecule has 0 radical (unpaired) electrons. The lowest BCUT2D eigenvalue weighted by molar-refractivity contribution is -0.175. The zero-order valence-electron chi connectivity index (χ0n) is 10.0. The Hall–Kier alpha value is -1.14. The number of carbonyl (C=O) groups excluding carboxylic acids is 2. The standard InChI is InChI=1S/C10H18O6/c1-7(5-13-3)15-9(11)10(12)16-8(2)6-14-4/h7-8H,5-6H2,1-4H3. The minimum absolute atomic E-state index is 0.229. The number of rotatable bonds is 6. The summed E-state index contributed by atoms with van der Waals surface area (Å²) in [4.78, 5) is 22.3. The van der Waals surface area contributed by atoms with E-state index >= 15 is 0 Å². The van der Waals surface area contributed by atoms with Gasteiger partial charge in [0.1, 0.15) is 12.2 Å². The van der Waals surface area contributed by atoms with Gasteiger partial charge in [0.05, 0.1) is 13.2 Å². The van der Waals surface area contributed by atoms with Gasteiger partial charge in [-0.3, -0.25) is 0 Å². The number of carbonyl (C=O) groups is 2. The van der Waals surface area contributed by atoms with E-state index in [1.54, 1.807) is 13.8 Å². The van der Waals surface area contributed by atoms with Crippen molar-refractivity contribution in [1.82, 2.24) is 0 Å². The van der Waals surface area contributed by atoms with Gasteiger partial charge in [-0.2, -0.15) is 0 Å². The second-order valence-electron chi connectivity index (χ2n) is 3.34. The molecule has 0 aromatic carbocycles. The first-order valence-electron chi connectivity index (χ1n) is 4.90. The minimum atomic E-state index is -1.02. The van der Waals surface area contributed by atoms with Gasteiger partial charge in [-0.25, -0.2) is 9.59 Å². The molecule has 0 amide bonds. The maximum atomic E-state index is 11.2. The fraction of sp³-hybridized carbons (Fsp3) is 0.800. The Labute approximate surface area is 94.8 Å². The second-order valence-corrected chi connectivity index (χ2v) is 3.34.